The largest absolute Gasteiger partial charge is 0.508 e. The zero-order chi connectivity index (χ0) is 15.0. The van der Waals surface area contributed by atoms with Gasteiger partial charge in [-0.25, -0.2) is 0 Å². The zero-order valence-electron chi connectivity index (χ0n) is 12.8. The van der Waals surface area contributed by atoms with Crippen molar-refractivity contribution in [3.8, 4) is 11.5 Å². The topological polar surface area (TPSA) is 52.5 Å². The van der Waals surface area contributed by atoms with E-state index in [4.69, 9.17) is 10.2 Å². The predicted octanol–water partition coefficient (Wildman–Crippen LogP) is 3.70. The van der Waals surface area contributed by atoms with Gasteiger partial charge in [0.2, 0.25) is 0 Å². The Morgan fingerprint density at radius 1 is 0.810 bits per heavy atom. The number of phenolic OH excluding ortho intramolecular Hbond substituents is 2. The van der Waals surface area contributed by atoms with E-state index in [-0.39, 0.29) is 32.7 Å². The second-order valence-electron chi connectivity index (χ2n) is 4.94. The number of aromatic hydroxyl groups is 2. The molecule has 0 amide bonds. The molecule has 0 aliphatic carbocycles. The molecule has 3 nitrogen and oxygen atoms in total. The molecule has 3 N–H and O–H groups in total. The van der Waals surface area contributed by atoms with Crippen molar-refractivity contribution >= 4 is 0 Å². The Bertz CT molecular complexity index is 486. The minimum absolute atomic E-state index is 0. The maximum absolute atomic E-state index is 9.13. The molecule has 4 heteroatoms. The number of phenols is 2. The first-order chi connectivity index (χ1) is 9.54. The fraction of sp³-hybridized carbons (Fsp3) is 0.294. The van der Waals surface area contributed by atoms with E-state index in [2.05, 4.69) is 19.2 Å². The van der Waals surface area contributed by atoms with Crippen molar-refractivity contribution in [1.29, 1.82) is 0 Å². The molecular formula is C17H23NO2Y. The van der Waals surface area contributed by atoms with Crippen molar-refractivity contribution < 1.29 is 42.9 Å². The Morgan fingerprint density at radius 2 is 1.29 bits per heavy atom. The van der Waals surface area contributed by atoms with Gasteiger partial charge in [0.05, 0.1) is 0 Å². The molecule has 0 aliphatic rings. The van der Waals surface area contributed by atoms with E-state index in [1.165, 1.54) is 5.56 Å². The van der Waals surface area contributed by atoms with Gasteiger partial charge in [-0.1, -0.05) is 44.2 Å². The summed E-state index contributed by atoms with van der Waals surface area (Å²) in [6.45, 7) is 4.35. The summed E-state index contributed by atoms with van der Waals surface area (Å²) in [4.78, 5) is 0. The van der Waals surface area contributed by atoms with Crippen molar-refractivity contribution in [1.82, 2.24) is 5.32 Å². The van der Waals surface area contributed by atoms with Gasteiger partial charge in [0.25, 0.3) is 0 Å². The molecule has 0 fully saturated rings. The molecule has 2 aromatic carbocycles. The van der Waals surface area contributed by atoms with E-state index in [0.717, 1.165) is 0 Å². The van der Waals surface area contributed by atoms with Crippen molar-refractivity contribution in [3.63, 3.8) is 0 Å². The molecule has 1 unspecified atom stereocenters. The van der Waals surface area contributed by atoms with Crippen molar-refractivity contribution in [2.24, 2.45) is 5.92 Å². The first-order valence-corrected chi connectivity index (χ1v) is 6.74. The third-order valence-corrected chi connectivity index (χ3v) is 2.99. The molecule has 2 aromatic rings. The average molecular weight is 362 g/mol. The van der Waals surface area contributed by atoms with Crippen LogP contribution in [0.15, 0.2) is 54.6 Å². The molecule has 0 heterocycles. The van der Waals surface area contributed by atoms with Gasteiger partial charge in [0.1, 0.15) is 11.5 Å². The van der Waals surface area contributed by atoms with Crippen LogP contribution in [-0.4, -0.2) is 17.3 Å². The van der Waals surface area contributed by atoms with Gasteiger partial charge in [-0.2, -0.15) is 0 Å². The summed E-state index contributed by atoms with van der Waals surface area (Å²) < 4.78 is 0. The number of benzene rings is 2. The van der Waals surface area contributed by atoms with Crippen molar-refractivity contribution in [2.45, 2.75) is 19.9 Å². The van der Waals surface area contributed by atoms with Crippen LogP contribution in [0.3, 0.4) is 0 Å². The van der Waals surface area contributed by atoms with Gasteiger partial charge in [0, 0.05) is 38.8 Å². The van der Waals surface area contributed by atoms with E-state index < -0.39 is 0 Å². The molecule has 0 saturated heterocycles. The summed E-state index contributed by atoms with van der Waals surface area (Å²) in [5.41, 5.74) is 1.22. The smallest absolute Gasteiger partial charge is 0.115 e. The number of nitrogens with one attached hydrogen (secondary N) is 1. The summed E-state index contributed by atoms with van der Waals surface area (Å²) in [5.74, 6) is 1.19. The summed E-state index contributed by atoms with van der Waals surface area (Å²) in [5, 5.41) is 21.0. The minimum Gasteiger partial charge on any atom is -0.508 e. The van der Waals surface area contributed by atoms with Crippen LogP contribution < -0.4 is 5.32 Å². The Hall–Kier alpha value is -0.896. The van der Waals surface area contributed by atoms with Crippen molar-refractivity contribution in [3.05, 3.63) is 60.2 Å². The molecular weight excluding hydrogens is 339 g/mol. The van der Waals surface area contributed by atoms with E-state index in [1.807, 2.05) is 25.2 Å². The second kappa shape index (κ2) is 10.8. The summed E-state index contributed by atoms with van der Waals surface area (Å²) in [7, 11) is 1.96. The summed E-state index contributed by atoms with van der Waals surface area (Å²) in [6.07, 6.45) is 0. The zero-order valence-corrected chi connectivity index (χ0v) is 15.7. The maximum atomic E-state index is 9.13. The first-order valence-electron chi connectivity index (χ1n) is 6.74. The third-order valence-electron chi connectivity index (χ3n) is 2.99. The molecule has 0 aromatic heterocycles. The minimum atomic E-state index is 0. The van der Waals surface area contributed by atoms with E-state index in [0.29, 0.717) is 23.5 Å². The molecule has 0 aliphatic heterocycles. The van der Waals surface area contributed by atoms with Crippen LogP contribution in [0.5, 0.6) is 11.5 Å². The summed E-state index contributed by atoms with van der Waals surface area (Å²) >= 11 is 0. The molecule has 21 heavy (non-hydrogen) atoms. The number of rotatable bonds is 3. The fourth-order valence-corrected chi connectivity index (χ4v) is 1.99. The molecule has 1 radical (unpaired) electrons. The van der Waals surface area contributed by atoms with E-state index in [9.17, 15) is 0 Å². The summed E-state index contributed by atoms with van der Waals surface area (Å²) in [6, 6.07) is 16.4. The Labute approximate surface area is 152 Å². The second-order valence-corrected chi connectivity index (χ2v) is 4.94. The quantitative estimate of drug-likeness (QED) is 0.781. The standard InChI is InChI=1S/C11H17NO.C6H6O.Y/c1-8(2)11(12-3)9-4-6-10(13)7-5-9;7-6-4-2-1-3-5-6;/h4-8,11-13H,1-3H3;1-5,7H;. The normalized spacial score (nSPS) is 11.0. The van der Waals surface area contributed by atoms with Crippen LogP contribution in [-0.2, 0) is 32.7 Å². The van der Waals surface area contributed by atoms with Crippen molar-refractivity contribution in [2.75, 3.05) is 7.05 Å². The Kier molecular flexibility index (Phi) is 10.3. The molecule has 0 spiro atoms. The Balaban J connectivity index is 0.000000425. The van der Waals surface area contributed by atoms with E-state index in [1.54, 1.807) is 36.4 Å². The number of para-hydroxylation sites is 1. The SMILES string of the molecule is CNC(c1ccc(O)cc1)C(C)C.Oc1ccccc1.[Y]. The first kappa shape index (κ1) is 20.1. The Morgan fingerprint density at radius 3 is 1.62 bits per heavy atom. The monoisotopic (exact) mass is 362 g/mol. The molecule has 0 saturated carbocycles. The fourth-order valence-electron chi connectivity index (χ4n) is 1.99. The third kappa shape index (κ3) is 7.61. The molecule has 111 valence electrons. The van der Waals surface area contributed by atoms with Gasteiger partial charge in [-0.15, -0.1) is 0 Å². The number of hydrogen-bond donors (Lipinski definition) is 3. The average Bonchev–Trinajstić information content (AvgIpc) is 2.43. The van der Waals surface area contributed by atoms with Crippen LogP contribution in [0.4, 0.5) is 0 Å². The van der Waals surface area contributed by atoms with Gasteiger partial charge in [0.15, 0.2) is 0 Å². The van der Waals surface area contributed by atoms with Crippen LogP contribution >= 0.6 is 0 Å². The van der Waals surface area contributed by atoms with Crippen LogP contribution in [0, 0.1) is 5.92 Å². The van der Waals surface area contributed by atoms with Crippen LogP contribution in [0.1, 0.15) is 25.5 Å². The molecule has 1 atom stereocenters. The van der Waals surface area contributed by atoms with Crippen LogP contribution in [0.25, 0.3) is 0 Å². The molecule has 2 rings (SSSR count). The van der Waals surface area contributed by atoms with Gasteiger partial charge < -0.3 is 15.5 Å². The van der Waals surface area contributed by atoms with Gasteiger partial charge in [-0.3, -0.25) is 0 Å². The maximum Gasteiger partial charge on any atom is 0.115 e. The predicted molar refractivity (Wildman–Crippen MR) is 82.9 cm³/mol. The number of hydrogen-bond acceptors (Lipinski definition) is 3. The van der Waals surface area contributed by atoms with Gasteiger partial charge in [-0.05, 0) is 42.8 Å². The van der Waals surface area contributed by atoms with E-state index >= 15 is 0 Å². The molecule has 0 bridgehead atoms. The van der Waals surface area contributed by atoms with Gasteiger partial charge >= 0.3 is 0 Å². The van der Waals surface area contributed by atoms with Crippen LogP contribution in [0.2, 0.25) is 0 Å².